The second-order valence-electron chi connectivity index (χ2n) is 4.52. The molecular formula is C14H21NO2. The Morgan fingerprint density at radius 2 is 1.76 bits per heavy atom. The maximum absolute atomic E-state index is 11.8. The molecule has 2 unspecified atom stereocenters. The van der Waals surface area contributed by atoms with Gasteiger partial charge in [-0.15, -0.1) is 0 Å². The Balaban J connectivity index is 2.78. The van der Waals surface area contributed by atoms with E-state index < -0.39 is 6.10 Å². The third-order valence-corrected chi connectivity index (χ3v) is 2.85. The highest BCUT2D eigenvalue weighted by molar-refractivity contribution is 5.80. The second kappa shape index (κ2) is 6.40. The minimum atomic E-state index is -0.417. The molecular weight excluding hydrogens is 214 g/mol. The van der Waals surface area contributed by atoms with E-state index in [0.29, 0.717) is 5.92 Å². The lowest BCUT2D eigenvalue weighted by Crippen LogP contribution is -2.38. The van der Waals surface area contributed by atoms with Crippen LogP contribution < -0.4 is 5.32 Å². The van der Waals surface area contributed by atoms with Crippen molar-refractivity contribution in [3.63, 3.8) is 0 Å². The molecule has 0 radical (unpaired) electrons. The maximum atomic E-state index is 11.8. The van der Waals surface area contributed by atoms with Crippen LogP contribution in [-0.4, -0.2) is 19.1 Å². The molecule has 0 saturated carbocycles. The Bertz CT molecular complexity index is 348. The van der Waals surface area contributed by atoms with Crippen LogP contribution in [0.4, 0.5) is 0 Å². The molecule has 0 aliphatic heterocycles. The first-order valence-corrected chi connectivity index (χ1v) is 5.94. The first-order valence-electron chi connectivity index (χ1n) is 5.94. The van der Waals surface area contributed by atoms with Gasteiger partial charge in [-0.2, -0.15) is 0 Å². The molecule has 0 heterocycles. The predicted octanol–water partition coefficient (Wildman–Crippen LogP) is 2.53. The molecule has 0 spiro atoms. The fraction of sp³-hybridized carbons (Fsp3) is 0.500. The van der Waals surface area contributed by atoms with Crippen molar-refractivity contribution in [2.75, 3.05) is 7.11 Å². The average molecular weight is 235 g/mol. The zero-order chi connectivity index (χ0) is 12.8. The summed E-state index contributed by atoms with van der Waals surface area (Å²) >= 11 is 0. The van der Waals surface area contributed by atoms with Crippen LogP contribution in [0, 0.1) is 5.92 Å². The Labute approximate surface area is 103 Å². The maximum Gasteiger partial charge on any atom is 0.249 e. The summed E-state index contributed by atoms with van der Waals surface area (Å²) in [6, 6.07) is 10.0. The van der Waals surface area contributed by atoms with Crippen LogP contribution in [0.1, 0.15) is 32.4 Å². The van der Waals surface area contributed by atoms with Crippen molar-refractivity contribution in [1.29, 1.82) is 0 Å². The summed E-state index contributed by atoms with van der Waals surface area (Å²) in [5.41, 5.74) is 1.12. The molecule has 94 valence electrons. The standard InChI is InChI=1S/C14H21NO2/c1-10(2)13(12-8-6-5-7-9-12)15-14(16)11(3)17-4/h5-11,13H,1-4H3,(H,15,16). The highest BCUT2D eigenvalue weighted by atomic mass is 16.5. The molecule has 0 fully saturated rings. The molecule has 0 saturated heterocycles. The van der Waals surface area contributed by atoms with Gasteiger partial charge in [0.05, 0.1) is 6.04 Å². The van der Waals surface area contributed by atoms with E-state index in [-0.39, 0.29) is 11.9 Å². The van der Waals surface area contributed by atoms with Crippen LogP contribution >= 0.6 is 0 Å². The van der Waals surface area contributed by atoms with Crippen LogP contribution in [0.5, 0.6) is 0 Å². The van der Waals surface area contributed by atoms with Gasteiger partial charge in [-0.1, -0.05) is 44.2 Å². The number of hydrogen-bond acceptors (Lipinski definition) is 2. The van der Waals surface area contributed by atoms with E-state index in [4.69, 9.17) is 4.74 Å². The van der Waals surface area contributed by atoms with E-state index in [2.05, 4.69) is 19.2 Å². The molecule has 1 aromatic rings. The molecule has 3 heteroatoms. The lowest BCUT2D eigenvalue weighted by molar-refractivity contribution is -0.131. The van der Waals surface area contributed by atoms with Crippen LogP contribution in [0.3, 0.4) is 0 Å². The zero-order valence-electron chi connectivity index (χ0n) is 10.9. The summed E-state index contributed by atoms with van der Waals surface area (Å²) < 4.78 is 5.02. The normalized spacial score (nSPS) is 14.4. The van der Waals surface area contributed by atoms with Crippen molar-refractivity contribution in [3.05, 3.63) is 35.9 Å². The SMILES string of the molecule is COC(C)C(=O)NC(c1ccccc1)C(C)C. The Morgan fingerprint density at radius 1 is 1.18 bits per heavy atom. The lowest BCUT2D eigenvalue weighted by Gasteiger charge is -2.24. The third kappa shape index (κ3) is 3.86. The van der Waals surface area contributed by atoms with E-state index in [9.17, 15) is 4.79 Å². The number of carbonyl (C=O) groups excluding carboxylic acids is 1. The van der Waals surface area contributed by atoms with E-state index in [1.54, 1.807) is 6.92 Å². The van der Waals surface area contributed by atoms with Crippen molar-refractivity contribution in [1.82, 2.24) is 5.32 Å². The van der Waals surface area contributed by atoms with E-state index in [1.807, 2.05) is 30.3 Å². The quantitative estimate of drug-likeness (QED) is 0.851. The molecule has 2 atom stereocenters. The van der Waals surface area contributed by atoms with Gasteiger partial charge in [-0.25, -0.2) is 0 Å². The summed E-state index contributed by atoms with van der Waals surface area (Å²) in [6.45, 7) is 5.93. The van der Waals surface area contributed by atoms with Gasteiger partial charge < -0.3 is 10.1 Å². The molecule has 1 rings (SSSR count). The smallest absolute Gasteiger partial charge is 0.249 e. The Kier molecular flexibility index (Phi) is 5.16. The monoisotopic (exact) mass is 235 g/mol. The summed E-state index contributed by atoms with van der Waals surface area (Å²) in [5, 5.41) is 3.02. The van der Waals surface area contributed by atoms with Crippen molar-refractivity contribution < 1.29 is 9.53 Å². The highest BCUT2D eigenvalue weighted by Gasteiger charge is 2.20. The third-order valence-electron chi connectivity index (χ3n) is 2.85. The van der Waals surface area contributed by atoms with Crippen LogP contribution in [0.2, 0.25) is 0 Å². The van der Waals surface area contributed by atoms with Gasteiger partial charge in [0.1, 0.15) is 6.10 Å². The first kappa shape index (κ1) is 13.7. The largest absolute Gasteiger partial charge is 0.372 e. The predicted molar refractivity (Wildman–Crippen MR) is 68.6 cm³/mol. The lowest BCUT2D eigenvalue weighted by atomic mass is 9.96. The van der Waals surface area contributed by atoms with Crippen LogP contribution in [-0.2, 0) is 9.53 Å². The molecule has 0 bridgehead atoms. The molecule has 1 amide bonds. The summed E-state index contributed by atoms with van der Waals surface area (Å²) in [4.78, 5) is 11.8. The molecule has 0 aliphatic rings. The van der Waals surface area contributed by atoms with Gasteiger partial charge in [-0.3, -0.25) is 4.79 Å². The number of hydrogen-bond donors (Lipinski definition) is 1. The minimum Gasteiger partial charge on any atom is -0.372 e. The van der Waals surface area contributed by atoms with Crippen LogP contribution in [0.25, 0.3) is 0 Å². The van der Waals surface area contributed by atoms with Gasteiger partial charge >= 0.3 is 0 Å². The second-order valence-corrected chi connectivity index (χ2v) is 4.52. The number of benzene rings is 1. The fourth-order valence-electron chi connectivity index (χ4n) is 1.67. The first-order chi connectivity index (χ1) is 8.06. The van der Waals surface area contributed by atoms with Crippen molar-refractivity contribution in [3.8, 4) is 0 Å². The average Bonchev–Trinajstić information content (AvgIpc) is 2.35. The molecule has 0 aromatic heterocycles. The van der Waals surface area contributed by atoms with Crippen molar-refractivity contribution >= 4 is 5.91 Å². The number of amides is 1. The highest BCUT2D eigenvalue weighted by Crippen LogP contribution is 2.21. The summed E-state index contributed by atoms with van der Waals surface area (Å²) in [5.74, 6) is 0.264. The summed E-state index contributed by atoms with van der Waals surface area (Å²) in [7, 11) is 1.54. The molecule has 1 N–H and O–H groups in total. The number of ether oxygens (including phenoxy) is 1. The van der Waals surface area contributed by atoms with Crippen LogP contribution in [0.15, 0.2) is 30.3 Å². The van der Waals surface area contributed by atoms with Gasteiger partial charge in [0.2, 0.25) is 5.91 Å². The van der Waals surface area contributed by atoms with Gasteiger partial charge in [0, 0.05) is 7.11 Å². The summed E-state index contributed by atoms with van der Waals surface area (Å²) in [6.07, 6.45) is -0.417. The molecule has 1 aromatic carbocycles. The number of carbonyl (C=O) groups is 1. The van der Waals surface area contributed by atoms with Gasteiger partial charge in [0.15, 0.2) is 0 Å². The van der Waals surface area contributed by atoms with E-state index >= 15 is 0 Å². The molecule has 17 heavy (non-hydrogen) atoms. The van der Waals surface area contributed by atoms with Crippen molar-refractivity contribution in [2.45, 2.75) is 32.9 Å². The van der Waals surface area contributed by atoms with E-state index in [1.165, 1.54) is 7.11 Å². The number of nitrogens with one attached hydrogen (secondary N) is 1. The Hall–Kier alpha value is -1.35. The minimum absolute atomic E-state index is 0.0290. The molecule has 3 nitrogen and oxygen atoms in total. The van der Waals surface area contributed by atoms with E-state index in [0.717, 1.165) is 5.56 Å². The topological polar surface area (TPSA) is 38.3 Å². The van der Waals surface area contributed by atoms with Gasteiger partial charge in [0.25, 0.3) is 0 Å². The number of rotatable bonds is 5. The fourth-order valence-corrected chi connectivity index (χ4v) is 1.67. The van der Waals surface area contributed by atoms with Gasteiger partial charge in [-0.05, 0) is 18.4 Å². The molecule has 0 aliphatic carbocycles. The Morgan fingerprint density at radius 3 is 2.24 bits per heavy atom. The van der Waals surface area contributed by atoms with Crippen molar-refractivity contribution in [2.24, 2.45) is 5.92 Å². The number of methoxy groups -OCH3 is 1. The zero-order valence-corrected chi connectivity index (χ0v) is 10.9.